The fourth-order valence-electron chi connectivity index (χ4n) is 2.36. The number of hydrogen-bond acceptors (Lipinski definition) is 2. The van der Waals surface area contributed by atoms with E-state index in [0.717, 1.165) is 18.7 Å². The molecule has 0 saturated carbocycles. The summed E-state index contributed by atoms with van der Waals surface area (Å²) in [5.74, 6) is 1.11. The van der Waals surface area contributed by atoms with Gasteiger partial charge in [-0.15, -0.1) is 0 Å². The van der Waals surface area contributed by atoms with Crippen LogP contribution in [0.3, 0.4) is 0 Å². The van der Waals surface area contributed by atoms with Gasteiger partial charge in [0.25, 0.3) is 0 Å². The maximum atomic E-state index is 9.40. The van der Waals surface area contributed by atoms with Crippen molar-refractivity contribution in [3.8, 4) is 0 Å². The number of imidazole rings is 1. The van der Waals surface area contributed by atoms with Crippen LogP contribution in [0.5, 0.6) is 0 Å². The van der Waals surface area contributed by atoms with Gasteiger partial charge in [-0.2, -0.15) is 0 Å². The molecule has 1 atom stereocenters. The van der Waals surface area contributed by atoms with Crippen LogP contribution in [0.15, 0.2) is 6.20 Å². The molecule has 1 aromatic rings. The number of aryl methyl sites for hydroxylation is 1. The lowest BCUT2D eigenvalue weighted by molar-refractivity contribution is 0.200. The van der Waals surface area contributed by atoms with Gasteiger partial charge < -0.3 is 9.67 Å². The van der Waals surface area contributed by atoms with Gasteiger partial charge in [0.15, 0.2) is 0 Å². The molecule has 0 radical (unpaired) electrons. The van der Waals surface area contributed by atoms with Gasteiger partial charge in [0.2, 0.25) is 0 Å². The third-order valence-electron chi connectivity index (χ3n) is 3.09. The highest BCUT2D eigenvalue weighted by atomic mass is 16.3. The quantitative estimate of drug-likeness (QED) is 0.767. The standard InChI is InChI=1S/C12H20N2O/c1-12(2,3)11-13-7-9-5-4-6-10(8-15)14(9)11/h7,10,15H,4-6,8H2,1-3H3. The van der Waals surface area contributed by atoms with Gasteiger partial charge in [0.05, 0.1) is 12.6 Å². The summed E-state index contributed by atoms with van der Waals surface area (Å²) < 4.78 is 2.25. The van der Waals surface area contributed by atoms with Gasteiger partial charge in [-0.25, -0.2) is 4.98 Å². The number of aliphatic hydroxyl groups excluding tert-OH is 1. The molecule has 0 bridgehead atoms. The van der Waals surface area contributed by atoms with Crippen molar-refractivity contribution in [3.05, 3.63) is 17.7 Å². The zero-order valence-corrected chi connectivity index (χ0v) is 9.82. The Hall–Kier alpha value is -0.830. The predicted octanol–water partition coefficient (Wildman–Crippen LogP) is 2.05. The molecule has 1 unspecified atom stereocenters. The molecule has 3 nitrogen and oxygen atoms in total. The average Bonchev–Trinajstić information content (AvgIpc) is 2.59. The van der Waals surface area contributed by atoms with Crippen LogP contribution < -0.4 is 0 Å². The lowest BCUT2D eigenvalue weighted by atomic mass is 9.94. The van der Waals surface area contributed by atoms with Crippen molar-refractivity contribution in [2.45, 2.75) is 51.5 Å². The molecule has 84 valence electrons. The summed E-state index contributed by atoms with van der Waals surface area (Å²) in [6, 6.07) is 0.241. The van der Waals surface area contributed by atoms with E-state index >= 15 is 0 Å². The van der Waals surface area contributed by atoms with Crippen molar-refractivity contribution >= 4 is 0 Å². The zero-order valence-electron chi connectivity index (χ0n) is 9.82. The van der Waals surface area contributed by atoms with Gasteiger partial charge in [0.1, 0.15) is 5.82 Å². The maximum Gasteiger partial charge on any atom is 0.114 e. The van der Waals surface area contributed by atoms with Crippen molar-refractivity contribution < 1.29 is 5.11 Å². The van der Waals surface area contributed by atoms with Crippen molar-refractivity contribution in [1.82, 2.24) is 9.55 Å². The fraction of sp³-hybridized carbons (Fsp3) is 0.750. The van der Waals surface area contributed by atoms with Crippen molar-refractivity contribution in [3.63, 3.8) is 0 Å². The average molecular weight is 208 g/mol. The lowest BCUT2D eigenvalue weighted by Crippen LogP contribution is -2.27. The minimum Gasteiger partial charge on any atom is -0.394 e. The van der Waals surface area contributed by atoms with Gasteiger partial charge in [-0.3, -0.25) is 0 Å². The van der Waals surface area contributed by atoms with Crippen LogP contribution in [0.2, 0.25) is 0 Å². The molecular weight excluding hydrogens is 188 g/mol. The van der Waals surface area contributed by atoms with Crippen LogP contribution >= 0.6 is 0 Å². The SMILES string of the molecule is CC(C)(C)c1ncc2n1C(CO)CCC2. The van der Waals surface area contributed by atoms with E-state index < -0.39 is 0 Å². The van der Waals surface area contributed by atoms with E-state index in [4.69, 9.17) is 0 Å². The first kappa shape index (κ1) is 10.7. The fourth-order valence-corrected chi connectivity index (χ4v) is 2.36. The Morgan fingerprint density at radius 2 is 2.27 bits per heavy atom. The van der Waals surface area contributed by atoms with E-state index in [2.05, 4.69) is 30.3 Å². The van der Waals surface area contributed by atoms with Crippen LogP contribution in [-0.4, -0.2) is 21.3 Å². The Balaban J connectivity index is 2.47. The summed E-state index contributed by atoms with van der Waals surface area (Å²) in [4.78, 5) is 4.52. The molecule has 0 amide bonds. The van der Waals surface area contributed by atoms with Gasteiger partial charge in [0, 0.05) is 17.3 Å². The van der Waals surface area contributed by atoms with Gasteiger partial charge in [-0.05, 0) is 19.3 Å². The van der Waals surface area contributed by atoms with Crippen LogP contribution in [0.25, 0.3) is 0 Å². The highest BCUT2D eigenvalue weighted by Gasteiger charge is 2.28. The number of nitrogens with zero attached hydrogens (tertiary/aromatic N) is 2. The third kappa shape index (κ3) is 1.81. The smallest absolute Gasteiger partial charge is 0.114 e. The Kier molecular flexibility index (Phi) is 2.59. The zero-order chi connectivity index (χ0) is 11.1. The van der Waals surface area contributed by atoms with E-state index in [9.17, 15) is 5.11 Å². The molecule has 2 heterocycles. The molecule has 1 N–H and O–H groups in total. The molecule has 1 aliphatic rings. The molecule has 15 heavy (non-hydrogen) atoms. The second kappa shape index (κ2) is 3.63. The molecule has 0 spiro atoms. The number of aliphatic hydroxyl groups is 1. The second-order valence-corrected chi connectivity index (χ2v) is 5.42. The van der Waals surface area contributed by atoms with Crippen molar-refractivity contribution in [2.75, 3.05) is 6.61 Å². The van der Waals surface area contributed by atoms with Gasteiger partial charge >= 0.3 is 0 Å². The number of rotatable bonds is 1. The molecule has 1 aromatic heterocycles. The van der Waals surface area contributed by atoms with Gasteiger partial charge in [-0.1, -0.05) is 20.8 Å². The number of hydrogen-bond donors (Lipinski definition) is 1. The summed E-state index contributed by atoms with van der Waals surface area (Å²) >= 11 is 0. The Morgan fingerprint density at radius 3 is 2.87 bits per heavy atom. The topological polar surface area (TPSA) is 38.0 Å². The lowest BCUT2D eigenvalue weighted by Gasteiger charge is -2.29. The molecule has 0 aliphatic carbocycles. The summed E-state index contributed by atoms with van der Waals surface area (Å²) in [6.07, 6.45) is 5.31. The molecule has 0 aromatic carbocycles. The Bertz CT molecular complexity index is 349. The van der Waals surface area contributed by atoms with E-state index in [-0.39, 0.29) is 18.1 Å². The van der Waals surface area contributed by atoms with Crippen molar-refractivity contribution in [1.29, 1.82) is 0 Å². The predicted molar refractivity (Wildman–Crippen MR) is 60.0 cm³/mol. The van der Waals surface area contributed by atoms with Crippen molar-refractivity contribution in [2.24, 2.45) is 0 Å². The highest BCUT2D eigenvalue weighted by molar-refractivity contribution is 5.15. The largest absolute Gasteiger partial charge is 0.394 e. The number of aromatic nitrogens is 2. The monoisotopic (exact) mass is 208 g/mol. The van der Waals surface area contributed by atoms with Crippen LogP contribution in [0, 0.1) is 0 Å². The molecule has 0 fully saturated rings. The summed E-state index contributed by atoms with van der Waals surface area (Å²) in [7, 11) is 0. The molecule has 1 aliphatic heterocycles. The van der Waals surface area contributed by atoms with E-state index in [1.807, 2.05) is 6.20 Å². The first-order valence-electron chi connectivity index (χ1n) is 5.71. The number of fused-ring (bicyclic) bond motifs is 1. The first-order valence-corrected chi connectivity index (χ1v) is 5.71. The van der Waals surface area contributed by atoms with E-state index in [1.165, 1.54) is 12.1 Å². The van der Waals surface area contributed by atoms with Crippen LogP contribution in [0.1, 0.15) is 51.2 Å². The van der Waals surface area contributed by atoms with E-state index in [1.54, 1.807) is 0 Å². The second-order valence-electron chi connectivity index (χ2n) is 5.42. The third-order valence-corrected chi connectivity index (χ3v) is 3.09. The molecule has 3 heteroatoms. The summed E-state index contributed by atoms with van der Waals surface area (Å²) in [6.45, 7) is 6.75. The maximum absolute atomic E-state index is 9.40. The molecular formula is C12H20N2O. The van der Waals surface area contributed by atoms with Crippen LogP contribution in [-0.2, 0) is 11.8 Å². The minimum absolute atomic E-state index is 0.0585. The molecule has 0 saturated heterocycles. The first-order chi connectivity index (χ1) is 7.04. The van der Waals surface area contributed by atoms with E-state index in [0.29, 0.717) is 0 Å². The normalized spacial score (nSPS) is 21.5. The Labute approximate surface area is 91.1 Å². The highest BCUT2D eigenvalue weighted by Crippen LogP contribution is 2.31. The summed E-state index contributed by atoms with van der Waals surface area (Å²) in [5.41, 5.74) is 1.34. The summed E-state index contributed by atoms with van der Waals surface area (Å²) in [5, 5.41) is 9.40. The minimum atomic E-state index is 0.0585. The van der Waals surface area contributed by atoms with Crippen LogP contribution in [0.4, 0.5) is 0 Å². The Morgan fingerprint density at radius 1 is 1.53 bits per heavy atom. The molecule has 2 rings (SSSR count).